The van der Waals surface area contributed by atoms with Gasteiger partial charge in [-0.05, 0) is 47.9 Å². The minimum atomic E-state index is -0.562. The van der Waals surface area contributed by atoms with Gasteiger partial charge in [0.25, 0.3) is 5.56 Å². The van der Waals surface area contributed by atoms with Crippen molar-refractivity contribution in [1.29, 1.82) is 0 Å². The quantitative estimate of drug-likeness (QED) is 0.458. The fraction of sp³-hybridized carbons (Fsp3) is 0.346. The largest absolute Gasteiger partial charge is 0.463 e. The molecular weight excluding hydrogens is 452 g/mol. The minimum Gasteiger partial charge on any atom is -0.463 e. The van der Waals surface area contributed by atoms with E-state index in [2.05, 4.69) is 32.9 Å². The Bertz CT molecular complexity index is 1340. The van der Waals surface area contributed by atoms with Gasteiger partial charge in [0.1, 0.15) is 0 Å². The Morgan fingerprint density at radius 2 is 1.97 bits per heavy atom. The molecule has 33 heavy (non-hydrogen) atoms. The summed E-state index contributed by atoms with van der Waals surface area (Å²) in [4.78, 5) is 33.2. The number of ether oxygens (including phenoxy) is 1. The van der Waals surface area contributed by atoms with Crippen LogP contribution in [0.1, 0.15) is 68.5 Å². The smallest absolute Gasteiger partial charge is 0.338 e. The summed E-state index contributed by atoms with van der Waals surface area (Å²) in [7, 11) is 0. The Hall–Kier alpha value is -2.77. The molecule has 0 N–H and O–H groups in total. The van der Waals surface area contributed by atoms with E-state index < -0.39 is 12.0 Å². The molecule has 0 bridgehead atoms. The number of carbonyl (C=O) groups excluding carboxylic acids is 1. The first kappa shape index (κ1) is 23.4. The van der Waals surface area contributed by atoms with Crippen LogP contribution in [0, 0.1) is 0 Å². The lowest BCUT2D eigenvalue weighted by Gasteiger charge is -2.26. The number of thiophene rings is 1. The molecule has 5 nitrogen and oxygen atoms in total. The Balaban J connectivity index is 1.98. The van der Waals surface area contributed by atoms with Crippen molar-refractivity contribution in [3.8, 4) is 0 Å². The molecule has 3 aromatic rings. The number of rotatable bonds is 7. The van der Waals surface area contributed by atoms with Crippen molar-refractivity contribution in [2.45, 2.75) is 52.5 Å². The highest BCUT2D eigenvalue weighted by Gasteiger charge is 2.34. The van der Waals surface area contributed by atoms with Gasteiger partial charge in [-0.3, -0.25) is 9.36 Å². The molecule has 0 saturated heterocycles. The molecule has 4 rings (SSSR count). The summed E-state index contributed by atoms with van der Waals surface area (Å²) in [5.41, 5.74) is 3.13. The zero-order valence-corrected chi connectivity index (χ0v) is 21.0. The lowest BCUT2D eigenvalue weighted by molar-refractivity contribution is -0.139. The maximum absolute atomic E-state index is 13.6. The van der Waals surface area contributed by atoms with Crippen LogP contribution in [0.15, 0.2) is 62.8 Å². The average molecular weight is 481 g/mol. The highest BCUT2D eigenvalue weighted by atomic mass is 32.1. The van der Waals surface area contributed by atoms with E-state index in [-0.39, 0.29) is 12.2 Å². The Kier molecular flexibility index (Phi) is 7.10. The van der Waals surface area contributed by atoms with E-state index in [0.29, 0.717) is 32.9 Å². The number of nitrogens with zero attached hydrogens (tertiary/aromatic N) is 2. The molecule has 172 valence electrons. The molecule has 0 amide bonds. The van der Waals surface area contributed by atoms with Gasteiger partial charge >= 0.3 is 5.97 Å². The van der Waals surface area contributed by atoms with Crippen LogP contribution in [0.4, 0.5) is 0 Å². The van der Waals surface area contributed by atoms with Gasteiger partial charge < -0.3 is 4.74 Å². The predicted octanol–water partition coefficient (Wildman–Crippen LogP) is 4.76. The molecular formula is C26H28N2O3S2. The predicted molar refractivity (Wildman–Crippen MR) is 134 cm³/mol. The monoisotopic (exact) mass is 480 g/mol. The van der Waals surface area contributed by atoms with E-state index in [4.69, 9.17) is 9.73 Å². The third kappa shape index (κ3) is 4.66. The number of esters is 1. The zero-order chi connectivity index (χ0) is 23.5. The Morgan fingerprint density at radius 1 is 1.21 bits per heavy atom. The van der Waals surface area contributed by atoms with Crippen molar-refractivity contribution >= 4 is 34.7 Å². The van der Waals surface area contributed by atoms with Gasteiger partial charge in [-0.1, -0.05) is 68.9 Å². The summed E-state index contributed by atoms with van der Waals surface area (Å²) in [6.45, 7) is 8.41. The van der Waals surface area contributed by atoms with Gasteiger partial charge in [-0.25, -0.2) is 9.79 Å². The minimum absolute atomic E-state index is 0.137. The van der Waals surface area contributed by atoms with Crippen molar-refractivity contribution in [1.82, 2.24) is 4.57 Å². The van der Waals surface area contributed by atoms with Crippen LogP contribution >= 0.6 is 22.7 Å². The number of hydrogen-bond donors (Lipinski definition) is 0. The summed E-state index contributed by atoms with van der Waals surface area (Å²) in [6.07, 6.45) is 3.39. The second-order valence-corrected chi connectivity index (χ2v) is 10.2. The molecule has 3 heterocycles. The topological polar surface area (TPSA) is 60.7 Å². The molecule has 1 atom stereocenters. The Labute approximate surface area is 201 Å². The lowest BCUT2D eigenvalue weighted by atomic mass is 9.92. The second kappa shape index (κ2) is 10.0. The number of allylic oxidation sites excluding steroid dienone is 1. The normalized spacial score (nSPS) is 16.2. The van der Waals surface area contributed by atoms with Crippen LogP contribution in [0.25, 0.3) is 6.08 Å². The second-order valence-electron chi connectivity index (χ2n) is 8.25. The summed E-state index contributed by atoms with van der Waals surface area (Å²) in [5.74, 6) is -0.0160. The van der Waals surface area contributed by atoms with Gasteiger partial charge in [0.15, 0.2) is 4.80 Å². The standard InChI is InChI=1S/C26H28N2O3S2/c1-5-8-20-22(25(30)31-6-2)23(18-12-10-17(11-13-18)16(3)4)28-24(29)21(33-26(28)27-20)15-19-9-7-14-32-19/h7,9-16,23H,5-6,8H2,1-4H3/b21-15-. The molecule has 1 aliphatic rings. The number of carbonyl (C=O) groups is 1. The van der Waals surface area contributed by atoms with Crippen molar-refractivity contribution < 1.29 is 9.53 Å². The third-order valence-electron chi connectivity index (χ3n) is 5.63. The van der Waals surface area contributed by atoms with Gasteiger partial charge in [0.05, 0.1) is 28.5 Å². The molecule has 0 saturated carbocycles. The summed E-state index contributed by atoms with van der Waals surface area (Å²) < 4.78 is 7.72. The van der Waals surface area contributed by atoms with Crippen LogP contribution in [-0.4, -0.2) is 17.1 Å². The number of benzene rings is 1. The number of hydrogen-bond acceptors (Lipinski definition) is 6. The fourth-order valence-electron chi connectivity index (χ4n) is 4.00. The first-order valence-electron chi connectivity index (χ1n) is 11.3. The van der Waals surface area contributed by atoms with Gasteiger partial charge in [0, 0.05) is 4.88 Å². The third-order valence-corrected chi connectivity index (χ3v) is 7.43. The highest BCUT2D eigenvalue weighted by Crippen LogP contribution is 2.33. The van der Waals surface area contributed by atoms with Crippen LogP contribution in [-0.2, 0) is 9.53 Å². The maximum atomic E-state index is 13.6. The number of thiazole rings is 1. The zero-order valence-electron chi connectivity index (χ0n) is 19.3. The van der Waals surface area contributed by atoms with Gasteiger partial charge in [-0.15, -0.1) is 11.3 Å². The molecule has 0 spiro atoms. The van der Waals surface area contributed by atoms with Gasteiger partial charge in [0.2, 0.25) is 0 Å². The summed E-state index contributed by atoms with van der Waals surface area (Å²) >= 11 is 2.95. The average Bonchev–Trinajstić information content (AvgIpc) is 3.41. The van der Waals surface area contributed by atoms with Crippen molar-refractivity contribution in [2.75, 3.05) is 6.61 Å². The number of aromatic nitrogens is 1. The summed E-state index contributed by atoms with van der Waals surface area (Å²) in [6, 6.07) is 11.6. The van der Waals surface area contributed by atoms with Crippen LogP contribution < -0.4 is 14.9 Å². The fourth-order valence-corrected chi connectivity index (χ4v) is 5.74. The van der Waals surface area contributed by atoms with Crippen LogP contribution in [0.2, 0.25) is 0 Å². The molecule has 1 aromatic carbocycles. The molecule has 0 aliphatic carbocycles. The molecule has 7 heteroatoms. The summed E-state index contributed by atoms with van der Waals surface area (Å²) in [5, 5.41) is 1.99. The van der Waals surface area contributed by atoms with Crippen LogP contribution in [0.5, 0.6) is 0 Å². The molecule has 1 aliphatic heterocycles. The van der Waals surface area contributed by atoms with Crippen molar-refractivity contribution in [2.24, 2.45) is 4.99 Å². The molecule has 0 radical (unpaired) electrons. The first-order valence-corrected chi connectivity index (χ1v) is 13.0. The van der Waals surface area contributed by atoms with Crippen LogP contribution in [0.3, 0.4) is 0 Å². The highest BCUT2D eigenvalue weighted by molar-refractivity contribution is 7.11. The van der Waals surface area contributed by atoms with E-state index in [0.717, 1.165) is 16.9 Å². The Morgan fingerprint density at radius 3 is 2.58 bits per heavy atom. The van der Waals surface area contributed by atoms with Gasteiger partial charge in [-0.2, -0.15) is 0 Å². The van der Waals surface area contributed by atoms with E-state index >= 15 is 0 Å². The SMILES string of the molecule is CCCC1=C(C(=O)OCC)C(c2ccc(C(C)C)cc2)n2c(s/c(=C\c3cccs3)c2=O)=N1. The van der Waals surface area contributed by atoms with E-state index in [1.807, 2.05) is 35.7 Å². The lowest BCUT2D eigenvalue weighted by Crippen LogP contribution is -2.40. The first-order chi connectivity index (χ1) is 15.9. The molecule has 1 unspecified atom stereocenters. The van der Waals surface area contributed by atoms with E-state index in [1.54, 1.807) is 22.8 Å². The molecule has 0 fully saturated rings. The van der Waals surface area contributed by atoms with Crippen molar-refractivity contribution in [3.05, 3.63) is 88.7 Å². The molecule has 2 aromatic heterocycles. The van der Waals surface area contributed by atoms with E-state index in [1.165, 1.54) is 16.9 Å². The maximum Gasteiger partial charge on any atom is 0.338 e. The number of fused-ring (bicyclic) bond motifs is 1. The van der Waals surface area contributed by atoms with E-state index in [9.17, 15) is 9.59 Å². The van der Waals surface area contributed by atoms with Crippen molar-refractivity contribution in [3.63, 3.8) is 0 Å².